The van der Waals surface area contributed by atoms with Crippen molar-refractivity contribution in [3.05, 3.63) is 34.4 Å². The Labute approximate surface area is 250 Å². The molecule has 1 aromatic rings. The molecule has 2 saturated heterocycles. The molecule has 238 valence electrons. The van der Waals surface area contributed by atoms with E-state index in [0.29, 0.717) is 17.8 Å². The first-order valence-corrected chi connectivity index (χ1v) is 15.8. The van der Waals surface area contributed by atoms with E-state index >= 15 is 0 Å². The summed E-state index contributed by atoms with van der Waals surface area (Å²) in [5, 5.41) is 40.4. The molecular formula is C32H44O11. The lowest BCUT2D eigenvalue weighted by molar-refractivity contribution is -0.316. The molecule has 8 unspecified atom stereocenters. The third-order valence-electron chi connectivity index (χ3n) is 12.6. The van der Waals surface area contributed by atoms with Crippen LogP contribution in [-0.4, -0.2) is 87.6 Å². The van der Waals surface area contributed by atoms with Gasteiger partial charge in [0.05, 0.1) is 19.0 Å². The summed E-state index contributed by atoms with van der Waals surface area (Å²) >= 11 is 0. The van der Waals surface area contributed by atoms with Crippen LogP contribution in [0.3, 0.4) is 0 Å². The fourth-order valence-electron chi connectivity index (χ4n) is 10.6. The number of fused-ring (bicyclic) bond motifs is 3. The molecule has 15 atom stereocenters. The lowest BCUT2D eigenvalue weighted by Crippen LogP contribution is -2.60. The highest BCUT2D eigenvalue weighted by Gasteiger charge is 2.84. The molecule has 43 heavy (non-hydrogen) atoms. The Bertz CT molecular complexity index is 1280. The molecule has 11 heteroatoms. The van der Waals surface area contributed by atoms with Gasteiger partial charge in [-0.25, -0.2) is 4.79 Å². The molecule has 0 aromatic carbocycles. The summed E-state index contributed by atoms with van der Waals surface area (Å²) in [4.78, 5) is 24.0. The molecule has 1 spiro atoms. The molecule has 4 aliphatic carbocycles. The van der Waals surface area contributed by atoms with Crippen molar-refractivity contribution in [3.63, 3.8) is 0 Å². The number of rotatable bonds is 5. The molecule has 1 aromatic heterocycles. The van der Waals surface area contributed by atoms with Gasteiger partial charge >= 0.3 is 11.6 Å². The number of carbonyl (C=O) groups excluding carboxylic acids is 1. The van der Waals surface area contributed by atoms with Crippen LogP contribution >= 0.6 is 0 Å². The van der Waals surface area contributed by atoms with Crippen molar-refractivity contribution in [1.82, 2.24) is 0 Å². The summed E-state index contributed by atoms with van der Waals surface area (Å²) in [6.45, 7) is 5.61. The first-order valence-electron chi connectivity index (χ1n) is 15.8. The monoisotopic (exact) mass is 604 g/mol. The molecule has 11 nitrogen and oxygen atoms in total. The number of hydrogen-bond acceptors (Lipinski definition) is 11. The van der Waals surface area contributed by atoms with Gasteiger partial charge in [-0.3, -0.25) is 4.79 Å². The quantitative estimate of drug-likeness (QED) is 0.219. The molecular weight excluding hydrogens is 560 g/mol. The molecule has 3 heterocycles. The molecule has 2 aliphatic heterocycles. The van der Waals surface area contributed by atoms with E-state index < -0.39 is 54.6 Å². The minimum Gasteiger partial charge on any atom is -0.459 e. The van der Waals surface area contributed by atoms with Gasteiger partial charge in [0.1, 0.15) is 42.2 Å². The van der Waals surface area contributed by atoms with E-state index in [4.69, 9.17) is 23.4 Å². The van der Waals surface area contributed by atoms with Gasteiger partial charge in [0.25, 0.3) is 0 Å². The van der Waals surface area contributed by atoms with Crippen LogP contribution in [0.15, 0.2) is 27.6 Å². The van der Waals surface area contributed by atoms with E-state index in [9.17, 15) is 30.0 Å². The van der Waals surface area contributed by atoms with Crippen molar-refractivity contribution >= 4 is 5.97 Å². The van der Waals surface area contributed by atoms with E-state index in [-0.39, 0.29) is 34.9 Å². The summed E-state index contributed by atoms with van der Waals surface area (Å²) in [5.41, 5.74) is -0.180. The summed E-state index contributed by atoms with van der Waals surface area (Å²) in [5.74, 6) is 0.640. The summed E-state index contributed by atoms with van der Waals surface area (Å²) < 4.78 is 29.8. The predicted molar refractivity (Wildman–Crippen MR) is 149 cm³/mol. The van der Waals surface area contributed by atoms with Crippen LogP contribution in [0.2, 0.25) is 0 Å². The third kappa shape index (κ3) is 4.26. The van der Waals surface area contributed by atoms with E-state index in [2.05, 4.69) is 13.8 Å². The lowest BCUT2D eigenvalue weighted by Gasteiger charge is -2.61. The second-order valence-corrected chi connectivity index (χ2v) is 14.5. The predicted octanol–water partition coefficient (Wildman–Crippen LogP) is 1.62. The highest BCUT2D eigenvalue weighted by molar-refractivity contribution is 5.66. The van der Waals surface area contributed by atoms with Gasteiger partial charge in [-0.1, -0.05) is 13.8 Å². The summed E-state index contributed by atoms with van der Waals surface area (Å²) in [6.07, 6.45) is 0.703. The zero-order valence-electron chi connectivity index (χ0n) is 25.0. The van der Waals surface area contributed by atoms with Crippen molar-refractivity contribution in [2.75, 3.05) is 6.61 Å². The fourth-order valence-corrected chi connectivity index (χ4v) is 10.6. The van der Waals surface area contributed by atoms with Crippen molar-refractivity contribution in [2.24, 2.45) is 28.6 Å². The fraction of sp³-hybridized carbons (Fsp3) is 0.812. The second-order valence-electron chi connectivity index (χ2n) is 14.5. The summed E-state index contributed by atoms with van der Waals surface area (Å²) in [7, 11) is 0. The maximum atomic E-state index is 12.3. The lowest BCUT2D eigenvalue weighted by atomic mass is 9.44. The van der Waals surface area contributed by atoms with Crippen molar-refractivity contribution < 1.29 is 48.6 Å². The zero-order valence-corrected chi connectivity index (χ0v) is 25.0. The van der Waals surface area contributed by atoms with Crippen LogP contribution in [0.5, 0.6) is 0 Å². The first-order chi connectivity index (χ1) is 20.4. The van der Waals surface area contributed by atoms with Gasteiger partial charge in [0.2, 0.25) is 0 Å². The van der Waals surface area contributed by atoms with Crippen LogP contribution in [0.25, 0.3) is 0 Å². The topological polar surface area (TPSA) is 168 Å². The molecule has 0 radical (unpaired) electrons. The van der Waals surface area contributed by atoms with Gasteiger partial charge in [0, 0.05) is 24.3 Å². The molecule has 0 amide bonds. The van der Waals surface area contributed by atoms with E-state index in [1.54, 1.807) is 6.07 Å². The largest absolute Gasteiger partial charge is 0.459 e. The van der Waals surface area contributed by atoms with Crippen LogP contribution in [0.4, 0.5) is 0 Å². The number of epoxide rings is 1. The molecule has 0 bridgehead atoms. The Balaban J connectivity index is 1.11. The minimum absolute atomic E-state index is 0.0549. The van der Waals surface area contributed by atoms with Crippen LogP contribution in [0, 0.1) is 28.6 Å². The number of aliphatic hydroxyl groups is 4. The summed E-state index contributed by atoms with van der Waals surface area (Å²) in [6, 6.07) is 3.24. The average Bonchev–Trinajstić information content (AvgIpc) is 3.68. The number of esters is 1. The highest BCUT2D eigenvalue weighted by atomic mass is 16.7. The number of aliphatic hydroxyl groups excluding tert-OH is 4. The molecule has 6 fully saturated rings. The van der Waals surface area contributed by atoms with Gasteiger partial charge in [-0.05, 0) is 79.7 Å². The Morgan fingerprint density at radius 1 is 1.02 bits per heavy atom. The van der Waals surface area contributed by atoms with E-state index in [1.807, 2.05) is 0 Å². The SMILES string of the molecule is CC(=O)O[C@H]1[C@H]2O[C@]23C2CCC4C[C@@H](OC5OC(CO)C(O)C(O)C5O)CC[C@]4(C)C2CC[C@]3(C)[C@H]1c1ccc(=O)oc1. The third-order valence-corrected chi connectivity index (χ3v) is 12.6. The number of ether oxygens (including phenoxy) is 4. The number of carbonyl (C=O) groups is 1. The smallest absolute Gasteiger partial charge is 0.335 e. The Hall–Kier alpha value is -1.86. The Kier molecular flexibility index (Phi) is 7.17. The maximum Gasteiger partial charge on any atom is 0.335 e. The van der Waals surface area contributed by atoms with Crippen molar-refractivity contribution in [2.45, 2.75) is 126 Å². The zero-order chi connectivity index (χ0) is 30.5. The maximum absolute atomic E-state index is 12.3. The van der Waals surface area contributed by atoms with Crippen LogP contribution in [-0.2, 0) is 23.7 Å². The van der Waals surface area contributed by atoms with E-state index in [1.165, 1.54) is 19.3 Å². The Morgan fingerprint density at radius 3 is 2.51 bits per heavy atom. The normalized spacial score (nSPS) is 51.9. The van der Waals surface area contributed by atoms with Gasteiger partial charge < -0.3 is 43.8 Å². The second kappa shape index (κ2) is 10.3. The van der Waals surface area contributed by atoms with Gasteiger partial charge in [-0.2, -0.15) is 0 Å². The van der Waals surface area contributed by atoms with Crippen LogP contribution < -0.4 is 5.63 Å². The number of hydrogen-bond donors (Lipinski definition) is 4. The Morgan fingerprint density at radius 2 is 1.81 bits per heavy atom. The molecule has 4 saturated carbocycles. The average molecular weight is 605 g/mol. The van der Waals surface area contributed by atoms with Crippen molar-refractivity contribution in [1.29, 1.82) is 0 Å². The van der Waals surface area contributed by atoms with E-state index in [0.717, 1.165) is 50.5 Å². The molecule has 6 aliphatic rings. The molecule has 4 N–H and O–H groups in total. The van der Waals surface area contributed by atoms with Gasteiger partial charge in [0.15, 0.2) is 6.29 Å². The van der Waals surface area contributed by atoms with Crippen molar-refractivity contribution in [3.8, 4) is 0 Å². The van der Waals surface area contributed by atoms with Crippen LogP contribution in [0.1, 0.15) is 77.2 Å². The standard InChI is InChI=1S/C32H44O11/c1-15(34)40-27-23(16-4-7-22(35)39-14-16)31(3)11-9-19-20(32(31)28(27)43-32)6-5-17-12-18(8-10-30(17,19)2)41-29-26(38)25(37)24(36)21(13-33)42-29/h4,7,14,17-21,23-29,33,36-38H,5-6,8-13H2,1-3H3/t17?,18-,19?,20?,21?,23-,24?,25?,26?,27+,28+,29?,30-,31+,32+/m0/s1. The highest BCUT2D eigenvalue weighted by Crippen LogP contribution is 2.78. The molecule has 7 rings (SSSR count). The minimum atomic E-state index is -1.46. The van der Waals surface area contributed by atoms with Gasteiger partial charge in [-0.15, -0.1) is 0 Å². The first kappa shape index (κ1) is 29.8.